The van der Waals surface area contributed by atoms with E-state index in [1.165, 1.54) is 141 Å². The summed E-state index contributed by atoms with van der Waals surface area (Å²) in [4.78, 5) is 0. The number of unbranched alkanes of at least 4 members (excludes halogenated alkanes) is 22. The molecule has 4 nitrogen and oxygen atoms in total. The molecule has 0 spiro atoms. The van der Waals surface area contributed by atoms with Crippen molar-refractivity contribution in [1.82, 2.24) is 0 Å². The Kier molecular flexibility index (Phi) is 36.6. The third-order valence-electron chi connectivity index (χ3n) is 8.15. The van der Waals surface area contributed by atoms with Crippen LogP contribution in [0.3, 0.4) is 0 Å². The number of hydrogen-bond acceptors (Lipinski definition) is 5. The Morgan fingerprint density at radius 2 is 0.683 bits per heavy atom. The van der Waals surface area contributed by atoms with Crippen LogP contribution in [0.15, 0.2) is 0 Å². The summed E-state index contributed by atoms with van der Waals surface area (Å²) in [6.45, 7) is 6.84. The van der Waals surface area contributed by atoms with Gasteiger partial charge in [-0.2, -0.15) is 11.8 Å². The van der Waals surface area contributed by atoms with Gasteiger partial charge in [0, 0.05) is 11.5 Å². The molecular weight excluding hydrogens is 528 g/mol. The smallest absolute Gasteiger partial charge is 0.0773 e. The minimum absolute atomic E-state index is 0.321. The number of aliphatic hydroxyl groups excluding tert-OH is 2. The van der Waals surface area contributed by atoms with Crippen LogP contribution >= 0.6 is 11.8 Å². The maximum Gasteiger partial charge on any atom is 0.0773 e. The zero-order valence-corrected chi connectivity index (χ0v) is 28.7. The molecule has 41 heavy (non-hydrogen) atoms. The van der Waals surface area contributed by atoms with E-state index in [9.17, 15) is 10.2 Å². The van der Waals surface area contributed by atoms with E-state index in [0.29, 0.717) is 26.4 Å². The molecule has 0 aromatic rings. The summed E-state index contributed by atoms with van der Waals surface area (Å²) in [5.74, 6) is 1.85. The van der Waals surface area contributed by atoms with Crippen LogP contribution in [0.4, 0.5) is 0 Å². The highest BCUT2D eigenvalue weighted by Gasteiger charge is 2.06. The lowest BCUT2D eigenvalue weighted by atomic mass is 10.0. The summed E-state index contributed by atoms with van der Waals surface area (Å²) >= 11 is 1.82. The van der Waals surface area contributed by atoms with Gasteiger partial charge in [0.2, 0.25) is 0 Å². The fourth-order valence-corrected chi connectivity index (χ4v) is 6.06. The predicted octanol–water partition coefficient (Wildman–Crippen LogP) is 10.7. The molecule has 0 radical (unpaired) electrons. The zero-order chi connectivity index (χ0) is 29.9. The highest BCUT2D eigenvalue weighted by Crippen LogP contribution is 2.14. The molecule has 0 saturated carbocycles. The lowest BCUT2D eigenvalue weighted by Gasteiger charge is -2.12. The molecule has 5 heteroatoms. The molecule has 2 atom stereocenters. The average molecular weight is 603 g/mol. The van der Waals surface area contributed by atoms with Gasteiger partial charge >= 0.3 is 0 Å². The van der Waals surface area contributed by atoms with Crippen molar-refractivity contribution in [2.75, 3.05) is 37.9 Å². The van der Waals surface area contributed by atoms with Gasteiger partial charge in [0.15, 0.2) is 0 Å². The second-order valence-electron chi connectivity index (χ2n) is 12.4. The maximum absolute atomic E-state index is 10.1. The lowest BCUT2D eigenvalue weighted by molar-refractivity contribution is 0.0367. The van der Waals surface area contributed by atoms with E-state index in [0.717, 1.165) is 37.2 Å². The first-order valence-electron chi connectivity index (χ1n) is 18.3. The standard InChI is InChI=1S/C36H74O4S/c1-3-5-7-9-11-13-15-17-19-21-23-25-27-35(37)33-39-29-31-41-32-30-40-34-36(38)28-26-24-22-20-18-16-14-12-10-8-6-4-2/h35-38H,3-34H2,1-2H3. The number of ether oxygens (including phenoxy) is 2. The van der Waals surface area contributed by atoms with E-state index in [2.05, 4.69) is 13.8 Å². The van der Waals surface area contributed by atoms with E-state index in [1.807, 2.05) is 11.8 Å². The first kappa shape index (κ1) is 41.2. The molecule has 0 amide bonds. The molecule has 0 aromatic heterocycles. The Balaban J connectivity index is 3.23. The molecule has 0 aromatic carbocycles. The van der Waals surface area contributed by atoms with E-state index in [1.54, 1.807) is 0 Å². The molecule has 0 saturated heterocycles. The van der Waals surface area contributed by atoms with Crippen molar-refractivity contribution in [2.45, 2.75) is 193 Å². The predicted molar refractivity (Wildman–Crippen MR) is 182 cm³/mol. The maximum atomic E-state index is 10.1. The lowest BCUT2D eigenvalue weighted by Crippen LogP contribution is -2.17. The van der Waals surface area contributed by atoms with Crippen molar-refractivity contribution in [3.8, 4) is 0 Å². The van der Waals surface area contributed by atoms with Crippen molar-refractivity contribution in [3.05, 3.63) is 0 Å². The van der Waals surface area contributed by atoms with Gasteiger partial charge in [-0.3, -0.25) is 0 Å². The van der Waals surface area contributed by atoms with Crippen LogP contribution in [0.5, 0.6) is 0 Å². The molecule has 0 bridgehead atoms. The molecule has 2 N–H and O–H groups in total. The van der Waals surface area contributed by atoms with E-state index >= 15 is 0 Å². The van der Waals surface area contributed by atoms with Crippen molar-refractivity contribution in [1.29, 1.82) is 0 Å². The van der Waals surface area contributed by atoms with Crippen LogP contribution in [0.2, 0.25) is 0 Å². The first-order valence-corrected chi connectivity index (χ1v) is 19.5. The summed E-state index contributed by atoms with van der Waals surface area (Å²) in [6.07, 6.45) is 33.4. The van der Waals surface area contributed by atoms with Gasteiger partial charge in [-0.15, -0.1) is 0 Å². The number of rotatable bonds is 36. The number of aliphatic hydroxyl groups is 2. The number of hydrogen-bond donors (Lipinski definition) is 2. The second-order valence-corrected chi connectivity index (χ2v) is 13.7. The normalized spacial score (nSPS) is 13.2. The largest absolute Gasteiger partial charge is 0.391 e. The van der Waals surface area contributed by atoms with Crippen LogP contribution in [0.1, 0.15) is 181 Å². The topological polar surface area (TPSA) is 58.9 Å². The SMILES string of the molecule is CCCCCCCCCCCCCCC(O)COCCSCCOCC(O)CCCCCCCCCCCCCC. The number of thioether (sulfide) groups is 1. The van der Waals surface area contributed by atoms with Crippen LogP contribution < -0.4 is 0 Å². The third kappa shape index (κ3) is 36.3. The molecule has 0 heterocycles. The monoisotopic (exact) mass is 603 g/mol. The van der Waals surface area contributed by atoms with Crippen LogP contribution in [-0.2, 0) is 9.47 Å². The van der Waals surface area contributed by atoms with Crippen molar-refractivity contribution in [2.24, 2.45) is 0 Å². The van der Waals surface area contributed by atoms with Crippen LogP contribution in [0, 0.1) is 0 Å². The fourth-order valence-electron chi connectivity index (χ4n) is 5.39. The van der Waals surface area contributed by atoms with Crippen LogP contribution in [0.25, 0.3) is 0 Å². The van der Waals surface area contributed by atoms with Gasteiger partial charge in [0.25, 0.3) is 0 Å². The molecule has 0 aliphatic heterocycles. The van der Waals surface area contributed by atoms with Crippen molar-refractivity contribution < 1.29 is 19.7 Å². The molecule has 0 fully saturated rings. The summed E-state index contributed by atoms with van der Waals surface area (Å²) < 4.78 is 11.3. The van der Waals surface area contributed by atoms with Gasteiger partial charge in [-0.25, -0.2) is 0 Å². The Morgan fingerprint density at radius 1 is 0.415 bits per heavy atom. The van der Waals surface area contributed by atoms with Gasteiger partial charge in [-0.05, 0) is 12.8 Å². The molecule has 2 unspecified atom stereocenters. The molecule has 0 aliphatic carbocycles. The van der Waals surface area contributed by atoms with E-state index in [4.69, 9.17) is 9.47 Å². The Hall–Kier alpha value is 0.190. The van der Waals surface area contributed by atoms with Crippen LogP contribution in [-0.4, -0.2) is 60.4 Å². The minimum atomic E-state index is -0.321. The summed E-state index contributed by atoms with van der Waals surface area (Å²) in [5, 5.41) is 20.3. The third-order valence-corrected chi connectivity index (χ3v) is 9.06. The highest BCUT2D eigenvalue weighted by atomic mass is 32.2. The van der Waals surface area contributed by atoms with Gasteiger partial charge in [-0.1, -0.05) is 168 Å². The first-order chi connectivity index (χ1) is 20.2. The Morgan fingerprint density at radius 3 is 0.976 bits per heavy atom. The molecular formula is C36H74O4S. The average Bonchev–Trinajstić information content (AvgIpc) is 2.97. The van der Waals surface area contributed by atoms with Gasteiger partial charge in [0.05, 0.1) is 38.6 Å². The second kappa shape index (κ2) is 36.4. The Labute approximate surface area is 261 Å². The van der Waals surface area contributed by atoms with Gasteiger partial charge < -0.3 is 19.7 Å². The van der Waals surface area contributed by atoms with Crippen molar-refractivity contribution >= 4 is 11.8 Å². The molecule has 0 aliphatic rings. The fraction of sp³-hybridized carbons (Fsp3) is 1.00. The van der Waals surface area contributed by atoms with E-state index in [-0.39, 0.29) is 12.2 Å². The highest BCUT2D eigenvalue weighted by molar-refractivity contribution is 7.99. The summed E-state index contributed by atoms with van der Waals surface area (Å²) in [7, 11) is 0. The van der Waals surface area contributed by atoms with Crippen molar-refractivity contribution in [3.63, 3.8) is 0 Å². The minimum Gasteiger partial charge on any atom is -0.391 e. The summed E-state index contributed by atoms with van der Waals surface area (Å²) in [6, 6.07) is 0. The van der Waals surface area contributed by atoms with Gasteiger partial charge in [0.1, 0.15) is 0 Å². The molecule has 248 valence electrons. The molecule has 0 rings (SSSR count). The zero-order valence-electron chi connectivity index (χ0n) is 27.9. The quantitative estimate of drug-likeness (QED) is 0.0699. The summed E-state index contributed by atoms with van der Waals surface area (Å²) in [5.41, 5.74) is 0. The Bertz CT molecular complexity index is 425. The van der Waals surface area contributed by atoms with E-state index < -0.39 is 0 Å².